The molecule has 0 saturated carbocycles. The summed E-state index contributed by atoms with van der Waals surface area (Å²) in [5.41, 5.74) is 0. The third-order valence-electron chi connectivity index (χ3n) is 10.2. The summed E-state index contributed by atoms with van der Waals surface area (Å²) in [6.07, 6.45) is 47.7. The summed E-state index contributed by atoms with van der Waals surface area (Å²) < 4.78 is 0. The van der Waals surface area contributed by atoms with E-state index in [1.54, 1.807) is 49.9 Å². The molecule has 0 aliphatic carbocycles. The summed E-state index contributed by atoms with van der Waals surface area (Å²) >= 11 is 0. The highest BCUT2D eigenvalue weighted by Crippen LogP contribution is 2.35. The van der Waals surface area contributed by atoms with Gasteiger partial charge < -0.3 is 0 Å². The van der Waals surface area contributed by atoms with E-state index in [0.29, 0.717) is 0 Å². The zero-order chi connectivity index (χ0) is 30.0. The van der Waals surface area contributed by atoms with Crippen LogP contribution in [0.4, 0.5) is 0 Å². The molecule has 0 aromatic rings. The second-order valence-corrected chi connectivity index (χ2v) is 19.4. The molecule has 0 aromatic heterocycles. The Morgan fingerprint density at radius 3 is 0.512 bits per heavy atom. The maximum absolute atomic E-state index is 2.36. The van der Waals surface area contributed by atoms with Gasteiger partial charge in [0.15, 0.2) is 0 Å². The smallest absolute Gasteiger partial charge is 0.0535 e. The summed E-state index contributed by atoms with van der Waals surface area (Å²) in [5, 5.41) is 0. The van der Waals surface area contributed by atoms with Gasteiger partial charge in [0, 0.05) is 0 Å². The average molecular weight is 593 g/mol. The van der Waals surface area contributed by atoms with Crippen LogP contribution in [0, 0.1) is 0 Å². The Morgan fingerprint density at radius 2 is 0.341 bits per heavy atom. The van der Waals surface area contributed by atoms with E-state index in [4.69, 9.17) is 0 Å². The van der Waals surface area contributed by atoms with Gasteiger partial charge in [-0.15, -0.1) is 0 Å². The molecule has 41 heavy (non-hydrogen) atoms. The van der Waals surface area contributed by atoms with E-state index in [2.05, 4.69) is 27.7 Å². The molecule has 0 aliphatic rings. The molecule has 0 rings (SSSR count). The summed E-state index contributed by atoms with van der Waals surface area (Å²) in [6.45, 7) is 9.38. The largest absolute Gasteiger partial charge is 0.0654 e. The Hall–Kier alpha value is 0.217. The lowest BCUT2D eigenvalue weighted by Gasteiger charge is -2.33. The predicted molar refractivity (Wildman–Crippen MR) is 195 cm³/mol. The van der Waals surface area contributed by atoms with Crippen LogP contribution in [0.25, 0.3) is 0 Å². The monoisotopic (exact) mass is 593 g/mol. The first-order valence-electron chi connectivity index (χ1n) is 20.2. The maximum Gasteiger partial charge on any atom is 0.0535 e. The molecule has 0 radical (unpaired) electrons. The highest BCUT2D eigenvalue weighted by Gasteiger charge is 2.30. The van der Waals surface area contributed by atoms with Gasteiger partial charge in [0.1, 0.15) is 0 Å². The molecule has 0 saturated heterocycles. The van der Waals surface area contributed by atoms with Crippen LogP contribution < -0.4 is 0 Å². The van der Waals surface area contributed by atoms with Crippen LogP contribution in [0.2, 0.25) is 24.2 Å². The van der Waals surface area contributed by atoms with Crippen molar-refractivity contribution in [2.75, 3.05) is 0 Å². The average Bonchev–Trinajstić information content (AvgIpc) is 2.98. The third kappa shape index (κ3) is 30.0. The molecular formula is C40H84Si. The second kappa shape index (κ2) is 34.7. The van der Waals surface area contributed by atoms with Gasteiger partial charge in [-0.1, -0.05) is 257 Å². The van der Waals surface area contributed by atoms with Crippen LogP contribution in [-0.2, 0) is 0 Å². The lowest BCUT2D eigenvalue weighted by molar-refractivity contribution is 0.557. The Balaban J connectivity index is 4.71. The first-order chi connectivity index (χ1) is 20.2. The normalized spacial score (nSPS) is 12.0. The highest BCUT2D eigenvalue weighted by molar-refractivity contribution is 6.79. The Bertz CT molecular complexity index is 416. The highest BCUT2D eigenvalue weighted by atomic mass is 28.3. The molecule has 0 N–H and O–H groups in total. The van der Waals surface area contributed by atoms with Gasteiger partial charge in [-0.3, -0.25) is 0 Å². The standard InChI is InChI=1S/C40H84Si/c1-5-9-13-17-21-23-25-27-31-35-39-41(37-33-29-19-15-11-7-3,38-34-30-20-16-12-8-4)40-36-32-28-26-24-22-18-14-10-6-2/h5-40H2,1-4H3. The summed E-state index contributed by atoms with van der Waals surface area (Å²) in [4.78, 5) is 0. The molecule has 0 fully saturated rings. The number of unbranched alkanes of at least 4 members (excludes halogenated alkanes) is 28. The lowest BCUT2D eigenvalue weighted by atomic mass is 10.1. The van der Waals surface area contributed by atoms with Crippen molar-refractivity contribution in [2.45, 2.75) is 257 Å². The van der Waals surface area contributed by atoms with Gasteiger partial charge >= 0.3 is 0 Å². The molecule has 0 amide bonds. The molecule has 0 aliphatic heterocycles. The fourth-order valence-corrected chi connectivity index (χ4v) is 12.8. The fraction of sp³-hybridized carbons (Fsp3) is 1.00. The zero-order valence-corrected chi connectivity index (χ0v) is 31.0. The van der Waals surface area contributed by atoms with Gasteiger partial charge in [0.05, 0.1) is 8.07 Å². The van der Waals surface area contributed by atoms with Gasteiger partial charge in [0.25, 0.3) is 0 Å². The Labute approximate surface area is 264 Å². The van der Waals surface area contributed by atoms with E-state index >= 15 is 0 Å². The summed E-state index contributed by atoms with van der Waals surface area (Å²) in [6, 6.07) is 6.74. The van der Waals surface area contributed by atoms with Crippen molar-refractivity contribution in [3.05, 3.63) is 0 Å². The van der Waals surface area contributed by atoms with E-state index in [1.807, 2.05) is 0 Å². The SMILES string of the molecule is CCCCCCCCCCCC[Si](CCCCCCCC)(CCCCCCCC)CCCCCCCCCCCC. The molecule has 0 heterocycles. The maximum atomic E-state index is 2.36. The molecule has 0 atom stereocenters. The summed E-state index contributed by atoms with van der Waals surface area (Å²) in [5.74, 6) is 0. The van der Waals surface area contributed by atoms with Crippen molar-refractivity contribution in [2.24, 2.45) is 0 Å². The molecule has 248 valence electrons. The topological polar surface area (TPSA) is 0 Å². The van der Waals surface area contributed by atoms with Gasteiger partial charge in [-0.2, -0.15) is 0 Å². The van der Waals surface area contributed by atoms with Crippen LogP contribution >= 0.6 is 0 Å². The van der Waals surface area contributed by atoms with Crippen molar-refractivity contribution in [1.29, 1.82) is 0 Å². The minimum absolute atomic E-state index is 1.11. The number of hydrogen-bond acceptors (Lipinski definition) is 0. The van der Waals surface area contributed by atoms with Gasteiger partial charge in [-0.25, -0.2) is 0 Å². The van der Waals surface area contributed by atoms with E-state index in [9.17, 15) is 0 Å². The fourth-order valence-electron chi connectivity index (χ4n) is 7.29. The molecule has 0 bridgehead atoms. The quantitative estimate of drug-likeness (QED) is 0.0501. The molecule has 1 heteroatoms. The van der Waals surface area contributed by atoms with Gasteiger partial charge in [-0.05, 0) is 0 Å². The number of hydrogen-bond donors (Lipinski definition) is 0. The molecular weight excluding hydrogens is 509 g/mol. The van der Waals surface area contributed by atoms with E-state index in [-0.39, 0.29) is 0 Å². The van der Waals surface area contributed by atoms with Crippen molar-refractivity contribution in [3.63, 3.8) is 0 Å². The van der Waals surface area contributed by atoms with Crippen molar-refractivity contribution < 1.29 is 0 Å². The van der Waals surface area contributed by atoms with Crippen LogP contribution in [-0.4, -0.2) is 8.07 Å². The van der Waals surface area contributed by atoms with Crippen molar-refractivity contribution in [3.8, 4) is 0 Å². The van der Waals surface area contributed by atoms with E-state index < -0.39 is 8.07 Å². The number of rotatable bonds is 36. The minimum Gasteiger partial charge on any atom is -0.0654 e. The van der Waals surface area contributed by atoms with Crippen LogP contribution in [0.5, 0.6) is 0 Å². The minimum atomic E-state index is -1.11. The van der Waals surface area contributed by atoms with Crippen LogP contribution in [0.15, 0.2) is 0 Å². The second-order valence-electron chi connectivity index (χ2n) is 14.4. The first kappa shape index (κ1) is 41.2. The van der Waals surface area contributed by atoms with E-state index in [1.165, 1.54) is 180 Å². The molecule has 0 unspecified atom stereocenters. The van der Waals surface area contributed by atoms with Crippen LogP contribution in [0.1, 0.15) is 233 Å². The van der Waals surface area contributed by atoms with Crippen LogP contribution in [0.3, 0.4) is 0 Å². The zero-order valence-electron chi connectivity index (χ0n) is 30.0. The third-order valence-corrected chi connectivity index (χ3v) is 15.9. The van der Waals surface area contributed by atoms with Gasteiger partial charge in [0.2, 0.25) is 0 Å². The van der Waals surface area contributed by atoms with Crippen molar-refractivity contribution in [1.82, 2.24) is 0 Å². The molecule has 0 spiro atoms. The first-order valence-corrected chi connectivity index (χ1v) is 23.1. The lowest BCUT2D eigenvalue weighted by Crippen LogP contribution is -2.34. The molecule has 0 aromatic carbocycles. The summed E-state index contributed by atoms with van der Waals surface area (Å²) in [7, 11) is -1.11. The molecule has 0 nitrogen and oxygen atoms in total. The Kier molecular flexibility index (Phi) is 34.9. The van der Waals surface area contributed by atoms with E-state index in [0.717, 1.165) is 0 Å². The predicted octanol–water partition coefficient (Wildman–Crippen LogP) is 16.0. The Morgan fingerprint density at radius 1 is 0.195 bits per heavy atom. The van der Waals surface area contributed by atoms with Crippen molar-refractivity contribution >= 4 is 8.07 Å².